The summed E-state index contributed by atoms with van der Waals surface area (Å²) < 4.78 is 4.73. The van der Waals surface area contributed by atoms with Crippen LogP contribution in [0.25, 0.3) is 0 Å². The van der Waals surface area contributed by atoms with Crippen molar-refractivity contribution >= 4 is 5.97 Å². The predicted octanol–water partition coefficient (Wildman–Crippen LogP) is 1.60. The topological polar surface area (TPSA) is 66.8 Å². The van der Waals surface area contributed by atoms with E-state index in [9.17, 15) is 15.0 Å². The van der Waals surface area contributed by atoms with Crippen molar-refractivity contribution in [2.75, 3.05) is 6.61 Å². The minimum Gasteiger partial charge on any atom is -0.466 e. The Bertz CT molecular complexity index is 389. The Kier molecular flexibility index (Phi) is 5.82. The zero-order valence-corrected chi connectivity index (χ0v) is 10.8. The normalized spacial score (nSPS) is 14.0. The second kappa shape index (κ2) is 7.13. The van der Waals surface area contributed by atoms with Gasteiger partial charge in [-0.05, 0) is 24.5 Å². The highest BCUT2D eigenvalue weighted by molar-refractivity contribution is 5.70. The van der Waals surface area contributed by atoms with Crippen LogP contribution in [-0.2, 0) is 16.0 Å². The number of carbonyl (C=O) groups is 1. The molecule has 0 aliphatic rings. The van der Waals surface area contributed by atoms with E-state index in [0.29, 0.717) is 5.56 Å². The van der Waals surface area contributed by atoms with Gasteiger partial charge in [-0.3, -0.25) is 4.79 Å². The van der Waals surface area contributed by atoms with Crippen molar-refractivity contribution in [1.82, 2.24) is 0 Å². The quantitative estimate of drug-likeness (QED) is 0.755. The minimum absolute atomic E-state index is 0.203. The molecule has 0 aromatic heterocycles. The maximum Gasteiger partial charge on any atom is 0.308 e. The molecule has 0 saturated heterocycles. The molecule has 0 amide bonds. The lowest BCUT2D eigenvalue weighted by molar-refractivity contribution is -0.147. The molecule has 1 rings (SSSR count). The van der Waals surface area contributed by atoms with E-state index >= 15 is 0 Å². The van der Waals surface area contributed by atoms with E-state index in [4.69, 9.17) is 4.74 Å². The fraction of sp³-hybridized carbons (Fsp3) is 0.500. The number of esters is 1. The number of aryl methyl sites for hydroxylation is 1. The first kappa shape index (κ1) is 14.7. The Morgan fingerprint density at radius 2 is 2.06 bits per heavy atom. The molecule has 1 aromatic carbocycles. The van der Waals surface area contributed by atoms with Crippen molar-refractivity contribution in [3.63, 3.8) is 0 Å². The zero-order valence-electron chi connectivity index (χ0n) is 10.8. The van der Waals surface area contributed by atoms with Crippen LogP contribution in [0.1, 0.15) is 37.5 Å². The van der Waals surface area contributed by atoms with Crippen LogP contribution in [0.2, 0.25) is 0 Å². The van der Waals surface area contributed by atoms with Gasteiger partial charge in [0.25, 0.3) is 0 Å². The molecule has 0 bridgehead atoms. The molecular weight excluding hydrogens is 232 g/mol. The van der Waals surface area contributed by atoms with Crippen molar-refractivity contribution in [2.45, 2.75) is 38.9 Å². The molecule has 0 radical (unpaired) electrons. The van der Waals surface area contributed by atoms with Crippen LogP contribution in [0.5, 0.6) is 0 Å². The van der Waals surface area contributed by atoms with E-state index in [1.165, 1.54) is 0 Å². The molecule has 0 heterocycles. The van der Waals surface area contributed by atoms with Gasteiger partial charge in [-0.25, -0.2) is 0 Å². The number of hydrogen-bond donors (Lipinski definition) is 2. The summed E-state index contributed by atoms with van der Waals surface area (Å²) in [5, 5.41) is 19.7. The van der Waals surface area contributed by atoms with Gasteiger partial charge in [0.2, 0.25) is 0 Å². The molecule has 0 aliphatic carbocycles. The Hall–Kier alpha value is -1.39. The van der Waals surface area contributed by atoms with Gasteiger partial charge in [0, 0.05) is 0 Å². The van der Waals surface area contributed by atoms with Crippen LogP contribution in [-0.4, -0.2) is 28.9 Å². The predicted molar refractivity (Wildman–Crippen MR) is 68.0 cm³/mol. The highest BCUT2D eigenvalue weighted by Gasteiger charge is 2.22. The van der Waals surface area contributed by atoms with Crippen LogP contribution in [0.15, 0.2) is 24.3 Å². The molecule has 4 nitrogen and oxygen atoms in total. The monoisotopic (exact) mass is 252 g/mol. The van der Waals surface area contributed by atoms with Gasteiger partial charge < -0.3 is 14.9 Å². The van der Waals surface area contributed by atoms with Crippen molar-refractivity contribution in [1.29, 1.82) is 0 Å². The minimum atomic E-state index is -1.14. The molecule has 1 aromatic rings. The van der Waals surface area contributed by atoms with Crippen LogP contribution in [0, 0.1) is 0 Å². The first-order valence-corrected chi connectivity index (χ1v) is 6.19. The SMILES string of the molecule is CCOC(=O)CC(O)C(O)c1cccc(CC)c1. The summed E-state index contributed by atoms with van der Waals surface area (Å²) in [5.74, 6) is -0.504. The van der Waals surface area contributed by atoms with Gasteiger partial charge in [0.05, 0.1) is 19.1 Å². The fourth-order valence-corrected chi connectivity index (χ4v) is 1.72. The lowest BCUT2D eigenvalue weighted by Crippen LogP contribution is -2.23. The Labute approximate surface area is 107 Å². The molecule has 0 aliphatic heterocycles. The zero-order chi connectivity index (χ0) is 13.5. The highest BCUT2D eigenvalue weighted by Crippen LogP contribution is 2.20. The number of aliphatic hydroxyl groups is 2. The number of rotatable bonds is 6. The van der Waals surface area contributed by atoms with Crippen molar-refractivity contribution in [3.8, 4) is 0 Å². The largest absolute Gasteiger partial charge is 0.466 e. The smallest absolute Gasteiger partial charge is 0.308 e. The van der Waals surface area contributed by atoms with Crippen LogP contribution in [0.3, 0.4) is 0 Å². The van der Waals surface area contributed by atoms with Crippen molar-refractivity contribution in [2.24, 2.45) is 0 Å². The summed E-state index contributed by atoms with van der Waals surface area (Å²) in [7, 11) is 0. The molecule has 0 spiro atoms. The second-order valence-corrected chi connectivity index (χ2v) is 4.12. The van der Waals surface area contributed by atoms with Gasteiger partial charge in [0.1, 0.15) is 6.10 Å². The Morgan fingerprint density at radius 3 is 2.67 bits per heavy atom. The molecule has 0 fully saturated rings. The number of aliphatic hydroxyl groups excluding tert-OH is 2. The first-order valence-electron chi connectivity index (χ1n) is 6.19. The molecule has 2 unspecified atom stereocenters. The first-order chi connectivity index (χ1) is 8.58. The number of ether oxygens (including phenoxy) is 1. The average Bonchev–Trinajstić information content (AvgIpc) is 2.38. The lowest BCUT2D eigenvalue weighted by atomic mass is 9.99. The van der Waals surface area contributed by atoms with Gasteiger partial charge in [-0.2, -0.15) is 0 Å². The summed E-state index contributed by atoms with van der Waals surface area (Å²) in [6, 6.07) is 7.35. The molecule has 0 saturated carbocycles. The second-order valence-electron chi connectivity index (χ2n) is 4.12. The molecule has 2 atom stereocenters. The van der Waals surface area contributed by atoms with Gasteiger partial charge in [0.15, 0.2) is 0 Å². The summed E-state index contributed by atoms with van der Waals surface area (Å²) in [4.78, 5) is 11.2. The van der Waals surface area contributed by atoms with E-state index in [1.807, 2.05) is 25.1 Å². The van der Waals surface area contributed by atoms with E-state index < -0.39 is 18.2 Å². The van der Waals surface area contributed by atoms with E-state index in [0.717, 1.165) is 12.0 Å². The summed E-state index contributed by atoms with van der Waals surface area (Å²) in [6.07, 6.45) is -1.56. The Balaban J connectivity index is 2.67. The lowest BCUT2D eigenvalue weighted by Gasteiger charge is -2.18. The van der Waals surface area contributed by atoms with Crippen molar-refractivity contribution in [3.05, 3.63) is 35.4 Å². The third-order valence-electron chi connectivity index (χ3n) is 2.75. The number of hydrogen-bond acceptors (Lipinski definition) is 4. The highest BCUT2D eigenvalue weighted by atomic mass is 16.5. The van der Waals surface area contributed by atoms with Crippen molar-refractivity contribution < 1.29 is 19.7 Å². The van der Waals surface area contributed by atoms with E-state index in [1.54, 1.807) is 13.0 Å². The molecule has 4 heteroatoms. The molecular formula is C14H20O4. The van der Waals surface area contributed by atoms with Gasteiger partial charge >= 0.3 is 5.97 Å². The number of benzene rings is 1. The summed E-state index contributed by atoms with van der Waals surface area (Å²) >= 11 is 0. The van der Waals surface area contributed by atoms with E-state index in [2.05, 4.69) is 0 Å². The molecule has 2 N–H and O–H groups in total. The summed E-state index contributed by atoms with van der Waals surface area (Å²) in [6.45, 7) is 3.99. The summed E-state index contributed by atoms with van der Waals surface area (Å²) in [5.41, 5.74) is 1.70. The van der Waals surface area contributed by atoms with Crippen LogP contribution < -0.4 is 0 Å². The number of carbonyl (C=O) groups excluding carboxylic acids is 1. The maximum atomic E-state index is 11.2. The Morgan fingerprint density at radius 1 is 1.33 bits per heavy atom. The van der Waals surface area contributed by atoms with E-state index in [-0.39, 0.29) is 13.0 Å². The maximum absolute atomic E-state index is 11.2. The standard InChI is InChI=1S/C14H20O4/c1-3-10-6-5-7-11(8-10)14(17)12(15)9-13(16)18-4-2/h5-8,12,14-15,17H,3-4,9H2,1-2H3. The van der Waals surface area contributed by atoms with Crippen LogP contribution >= 0.6 is 0 Å². The van der Waals surface area contributed by atoms with Gasteiger partial charge in [-0.15, -0.1) is 0 Å². The third-order valence-corrected chi connectivity index (χ3v) is 2.75. The third kappa shape index (κ3) is 4.13. The average molecular weight is 252 g/mol. The molecule has 100 valence electrons. The fourth-order valence-electron chi connectivity index (χ4n) is 1.72. The van der Waals surface area contributed by atoms with Gasteiger partial charge in [-0.1, -0.05) is 31.2 Å². The van der Waals surface area contributed by atoms with Crippen LogP contribution in [0.4, 0.5) is 0 Å². The molecule has 18 heavy (non-hydrogen) atoms.